The lowest BCUT2D eigenvalue weighted by molar-refractivity contribution is -0.145. The number of hydrogen-bond donors (Lipinski definition) is 0. The summed E-state index contributed by atoms with van der Waals surface area (Å²) in [7, 11) is 0. The van der Waals surface area contributed by atoms with Gasteiger partial charge in [-0.1, -0.05) is 13.3 Å². The van der Waals surface area contributed by atoms with Crippen LogP contribution in [-0.4, -0.2) is 47.9 Å². The van der Waals surface area contributed by atoms with Crippen molar-refractivity contribution in [3.05, 3.63) is 34.9 Å². The molecule has 126 valence electrons. The van der Waals surface area contributed by atoms with Gasteiger partial charge in [0.1, 0.15) is 0 Å². The molecule has 1 atom stereocenters. The van der Waals surface area contributed by atoms with Gasteiger partial charge in [-0.15, -0.1) is 0 Å². The van der Waals surface area contributed by atoms with E-state index in [1.165, 1.54) is 23.1 Å². The van der Waals surface area contributed by atoms with Crippen LogP contribution in [0.4, 0.5) is 0 Å². The van der Waals surface area contributed by atoms with Crippen LogP contribution in [0.2, 0.25) is 0 Å². The van der Waals surface area contributed by atoms with Crippen LogP contribution in [0.3, 0.4) is 0 Å². The maximum Gasteiger partial charge on any atom is 0.347 e. The first-order valence-corrected chi connectivity index (χ1v) is 7.90. The van der Waals surface area contributed by atoms with Crippen molar-refractivity contribution in [1.29, 1.82) is 0 Å². The number of cyclic esters (lactones) is 1. The molecule has 0 radical (unpaired) electrons. The molecule has 1 aromatic carbocycles. The van der Waals surface area contributed by atoms with Crippen molar-refractivity contribution in [3.8, 4) is 0 Å². The van der Waals surface area contributed by atoms with E-state index in [0.717, 1.165) is 12.8 Å². The van der Waals surface area contributed by atoms with Gasteiger partial charge in [0.25, 0.3) is 11.8 Å². The van der Waals surface area contributed by atoms with Crippen LogP contribution >= 0.6 is 0 Å². The van der Waals surface area contributed by atoms with E-state index in [4.69, 9.17) is 9.47 Å². The van der Waals surface area contributed by atoms with Gasteiger partial charge in [0.2, 0.25) is 6.10 Å². The summed E-state index contributed by atoms with van der Waals surface area (Å²) in [5.41, 5.74) is 0.611. The molecular formula is C17H17NO6. The van der Waals surface area contributed by atoms with E-state index in [9.17, 15) is 19.2 Å². The van der Waals surface area contributed by atoms with E-state index in [1.54, 1.807) is 0 Å². The van der Waals surface area contributed by atoms with E-state index in [-0.39, 0.29) is 29.2 Å². The summed E-state index contributed by atoms with van der Waals surface area (Å²) in [6.07, 6.45) is 0.994. The Labute approximate surface area is 138 Å². The van der Waals surface area contributed by atoms with Crippen LogP contribution in [0.5, 0.6) is 0 Å². The summed E-state index contributed by atoms with van der Waals surface area (Å²) < 4.78 is 9.84. The highest BCUT2D eigenvalue weighted by molar-refractivity contribution is 6.22. The minimum Gasteiger partial charge on any atom is -0.463 e. The molecule has 7 nitrogen and oxygen atoms in total. The van der Waals surface area contributed by atoms with Crippen molar-refractivity contribution in [3.63, 3.8) is 0 Å². The lowest BCUT2D eigenvalue weighted by atomic mass is 10.1. The van der Waals surface area contributed by atoms with Crippen LogP contribution in [0.1, 0.15) is 57.3 Å². The third-order valence-electron chi connectivity index (χ3n) is 4.08. The second kappa shape index (κ2) is 6.43. The Morgan fingerprint density at radius 3 is 2.67 bits per heavy atom. The first-order chi connectivity index (χ1) is 11.5. The number of ether oxygens (including phenoxy) is 2. The van der Waals surface area contributed by atoms with Gasteiger partial charge in [0.05, 0.1) is 23.3 Å². The Hall–Kier alpha value is -2.70. The van der Waals surface area contributed by atoms with Crippen molar-refractivity contribution in [2.24, 2.45) is 0 Å². The van der Waals surface area contributed by atoms with Gasteiger partial charge in [-0.25, -0.2) is 9.59 Å². The number of amides is 2. The second-order valence-electron chi connectivity index (χ2n) is 5.73. The number of carbonyl (C=O) groups excluding carboxylic acids is 4. The van der Waals surface area contributed by atoms with Gasteiger partial charge in [-0.3, -0.25) is 14.5 Å². The molecule has 0 aromatic heterocycles. The molecule has 2 aliphatic rings. The molecule has 2 amide bonds. The Morgan fingerprint density at radius 2 is 2.00 bits per heavy atom. The first-order valence-electron chi connectivity index (χ1n) is 7.90. The summed E-state index contributed by atoms with van der Waals surface area (Å²) >= 11 is 0. The number of unbranched alkanes of at least 4 members (excludes halogenated alkanes) is 1. The quantitative estimate of drug-likeness (QED) is 0.601. The molecule has 0 bridgehead atoms. The number of carbonyl (C=O) groups is 4. The van der Waals surface area contributed by atoms with Crippen LogP contribution in [0.15, 0.2) is 18.2 Å². The summed E-state index contributed by atoms with van der Waals surface area (Å²) in [5.74, 6) is -2.03. The lowest BCUT2D eigenvalue weighted by Crippen LogP contribution is -2.30. The number of nitrogens with zero attached hydrogens (tertiary/aromatic N) is 1. The number of hydrogen-bond acceptors (Lipinski definition) is 6. The van der Waals surface area contributed by atoms with E-state index in [1.807, 2.05) is 6.92 Å². The fraction of sp³-hybridized carbons (Fsp3) is 0.412. The SMILES string of the molecule is CCCCN1C(=O)c2ccc(C(=O)O[C@H]3CCOC3=O)cc2C1=O. The zero-order valence-corrected chi connectivity index (χ0v) is 13.2. The molecule has 3 rings (SSSR count). The highest BCUT2D eigenvalue weighted by Crippen LogP contribution is 2.25. The highest BCUT2D eigenvalue weighted by atomic mass is 16.6. The minimum absolute atomic E-state index is 0.131. The average molecular weight is 331 g/mol. The maximum atomic E-state index is 12.4. The number of esters is 2. The number of rotatable bonds is 5. The van der Waals surface area contributed by atoms with E-state index >= 15 is 0 Å². The molecule has 0 saturated carbocycles. The number of imide groups is 1. The maximum absolute atomic E-state index is 12.4. The lowest BCUT2D eigenvalue weighted by Gasteiger charge is -2.12. The third-order valence-corrected chi connectivity index (χ3v) is 4.08. The molecule has 0 unspecified atom stereocenters. The molecule has 1 fully saturated rings. The molecule has 7 heteroatoms. The fourth-order valence-electron chi connectivity index (χ4n) is 2.72. The van der Waals surface area contributed by atoms with Crippen molar-refractivity contribution in [1.82, 2.24) is 4.90 Å². The minimum atomic E-state index is -0.913. The molecular weight excluding hydrogens is 314 g/mol. The van der Waals surface area contributed by atoms with Gasteiger partial charge in [-0.05, 0) is 24.6 Å². The van der Waals surface area contributed by atoms with Crippen molar-refractivity contribution < 1.29 is 28.7 Å². The van der Waals surface area contributed by atoms with Crippen LogP contribution in [0, 0.1) is 0 Å². The predicted molar refractivity (Wildman–Crippen MR) is 81.5 cm³/mol. The summed E-state index contributed by atoms with van der Waals surface area (Å²) in [4.78, 5) is 49.3. The Bertz CT molecular complexity index is 726. The Morgan fingerprint density at radius 1 is 1.25 bits per heavy atom. The molecule has 0 N–H and O–H groups in total. The highest BCUT2D eigenvalue weighted by Gasteiger charge is 2.36. The molecule has 1 saturated heterocycles. The van der Waals surface area contributed by atoms with Crippen LogP contribution in [0.25, 0.3) is 0 Å². The van der Waals surface area contributed by atoms with Crippen molar-refractivity contribution >= 4 is 23.8 Å². The monoisotopic (exact) mass is 331 g/mol. The molecule has 2 heterocycles. The number of benzene rings is 1. The first kappa shape index (κ1) is 16.2. The fourth-order valence-corrected chi connectivity index (χ4v) is 2.72. The largest absolute Gasteiger partial charge is 0.463 e. The van der Waals surface area contributed by atoms with Crippen LogP contribution < -0.4 is 0 Å². The van der Waals surface area contributed by atoms with E-state index in [2.05, 4.69) is 0 Å². The normalized spacial score (nSPS) is 19.5. The second-order valence-corrected chi connectivity index (χ2v) is 5.73. The molecule has 0 spiro atoms. The average Bonchev–Trinajstić information content (AvgIpc) is 3.08. The van der Waals surface area contributed by atoms with Gasteiger partial charge in [-0.2, -0.15) is 0 Å². The van der Waals surface area contributed by atoms with Gasteiger partial charge >= 0.3 is 11.9 Å². The summed E-state index contributed by atoms with van der Waals surface area (Å²) in [6.45, 7) is 2.55. The molecule has 1 aromatic rings. The topological polar surface area (TPSA) is 90.0 Å². The van der Waals surface area contributed by atoms with Crippen LogP contribution in [-0.2, 0) is 14.3 Å². The smallest absolute Gasteiger partial charge is 0.347 e. The molecule has 24 heavy (non-hydrogen) atoms. The standard InChI is InChI=1S/C17H17NO6/c1-2-3-7-18-14(19)11-5-4-10(9-12(11)15(18)20)16(21)24-13-6-8-23-17(13)22/h4-5,9,13H,2-3,6-8H2,1H3/t13-/m0/s1. The number of fused-ring (bicyclic) bond motifs is 1. The van der Waals surface area contributed by atoms with E-state index in [0.29, 0.717) is 13.0 Å². The third kappa shape index (κ3) is 2.77. The zero-order chi connectivity index (χ0) is 17.3. The zero-order valence-electron chi connectivity index (χ0n) is 13.2. The van der Waals surface area contributed by atoms with Gasteiger partial charge < -0.3 is 9.47 Å². The van der Waals surface area contributed by atoms with Gasteiger partial charge in [0, 0.05) is 13.0 Å². The van der Waals surface area contributed by atoms with Crippen molar-refractivity contribution in [2.75, 3.05) is 13.2 Å². The Kier molecular flexibility index (Phi) is 4.33. The molecule has 0 aliphatic carbocycles. The van der Waals surface area contributed by atoms with Crippen molar-refractivity contribution in [2.45, 2.75) is 32.3 Å². The predicted octanol–water partition coefficient (Wildman–Crippen LogP) is 1.55. The molecule has 2 aliphatic heterocycles. The summed E-state index contributed by atoms with van der Waals surface area (Å²) in [5, 5.41) is 0. The summed E-state index contributed by atoms with van der Waals surface area (Å²) in [6, 6.07) is 4.23. The van der Waals surface area contributed by atoms with E-state index < -0.39 is 23.9 Å². The Balaban J connectivity index is 1.79. The van der Waals surface area contributed by atoms with Gasteiger partial charge in [0.15, 0.2) is 0 Å².